The van der Waals surface area contributed by atoms with E-state index in [9.17, 15) is 4.79 Å². The summed E-state index contributed by atoms with van der Waals surface area (Å²) in [6.45, 7) is 2.77. The van der Waals surface area contributed by atoms with Gasteiger partial charge < -0.3 is 9.47 Å². The lowest BCUT2D eigenvalue weighted by Gasteiger charge is -2.31. The molecule has 0 N–H and O–H groups in total. The molecular weight excluding hydrogens is 482 g/mol. The van der Waals surface area contributed by atoms with Gasteiger partial charge >= 0.3 is 0 Å². The van der Waals surface area contributed by atoms with Crippen molar-refractivity contribution < 1.29 is 4.79 Å². The molecule has 37 heavy (non-hydrogen) atoms. The maximum atomic E-state index is 13.0. The zero-order valence-corrected chi connectivity index (χ0v) is 22.1. The molecule has 0 bridgehead atoms. The summed E-state index contributed by atoms with van der Waals surface area (Å²) >= 11 is 1.44. The van der Waals surface area contributed by atoms with Crippen molar-refractivity contribution >= 4 is 45.3 Å². The molecule has 0 atom stereocenters. The number of hydrogen-bond donors (Lipinski definition) is 0. The standard InChI is InChI=1S/C28H31N7OS/c1-19-29-23-14-8-9-15-24(23)34(19)17-16-25-31-27-21-12-6-7-13-22(21)30-28(35(27)32-25)37-18-26(36)33(2)20-10-4-3-5-11-20/h6-9,12-15,20H,3-5,10-11,16-18H2,1-2H3. The van der Waals surface area contributed by atoms with E-state index in [0.29, 0.717) is 23.4 Å². The molecule has 3 aromatic heterocycles. The van der Waals surface area contributed by atoms with Crippen LogP contribution in [0.15, 0.2) is 53.7 Å². The Labute approximate surface area is 220 Å². The quantitative estimate of drug-likeness (QED) is 0.223. The number of nitrogens with zero attached hydrogens (tertiary/aromatic N) is 7. The molecule has 6 rings (SSSR count). The summed E-state index contributed by atoms with van der Waals surface area (Å²) in [5.41, 5.74) is 3.76. The second-order valence-electron chi connectivity index (χ2n) is 9.81. The number of rotatable bonds is 7. The van der Waals surface area contributed by atoms with Gasteiger partial charge in [0.25, 0.3) is 0 Å². The molecule has 1 aliphatic carbocycles. The predicted octanol–water partition coefficient (Wildman–Crippen LogP) is 5.06. The molecule has 3 heterocycles. The predicted molar refractivity (Wildman–Crippen MR) is 147 cm³/mol. The molecule has 0 spiro atoms. The van der Waals surface area contributed by atoms with Crippen molar-refractivity contribution in [1.29, 1.82) is 0 Å². The molecule has 9 heteroatoms. The van der Waals surface area contributed by atoms with Gasteiger partial charge in [0.05, 0.1) is 22.3 Å². The number of carbonyl (C=O) groups is 1. The highest BCUT2D eigenvalue weighted by Gasteiger charge is 2.23. The molecule has 1 saturated carbocycles. The first-order valence-corrected chi connectivity index (χ1v) is 14.0. The third-order valence-corrected chi connectivity index (χ3v) is 8.35. The summed E-state index contributed by atoms with van der Waals surface area (Å²) in [5.74, 6) is 2.21. The van der Waals surface area contributed by atoms with Crippen molar-refractivity contribution in [3.63, 3.8) is 0 Å². The largest absolute Gasteiger partial charge is 0.342 e. The van der Waals surface area contributed by atoms with Gasteiger partial charge in [0.15, 0.2) is 16.6 Å². The molecule has 1 aliphatic rings. The van der Waals surface area contributed by atoms with Gasteiger partial charge in [-0.05, 0) is 44.0 Å². The molecule has 190 valence electrons. The van der Waals surface area contributed by atoms with Gasteiger partial charge in [-0.1, -0.05) is 55.3 Å². The first kappa shape index (κ1) is 23.9. The zero-order chi connectivity index (χ0) is 25.4. The Morgan fingerprint density at radius 1 is 1.00 bits per heavy atom. The number of benzene rings is 2. The summed E-state index contributed by atoms with van der Waals surface area (Å²) in [7, 11) is 1.94. The highest BCUT2D eigenvalue weighted by Crippen LogP contribution is 2.26. The minimum absolute atomic E-state index is 0.141. The maximum Gasteiger partial charge on any atom is 0.233 e. The molecule has 0 saturated heterocycles. The van der Waals surface area contributed by atoms with Crippen molar-refractivity contribution in [2.24, 2.45) is 0 Å². The minimum Gasteiger partial charge on any atom is -0.342 e. The lowest BCUT2D eigenvalue weighted by Crippen LogP contribution is -2.39. The van der Waals surface area contributed by atoms with Crippen LogP contribution < -0.4 is 0 Å². The smallest absolute Gasteiger partial charge is 0.233 e. The Hall–Kier alpha value is -3.46. The Morgan fingerprint density at radius 2 is 1.76 bits per heavy atom. The average Bonchev–Trinajstić information content (AvgIpc) is 3.51. The average molecular weight is 514 g/mol. The number of amides is 1. The monoisotopic (exact) mass is 513 g/mol. The second-order valence-corrected chi connectivity index (χ2v) is 10.8. The van der Waals surface area contributed by atoms with Gasteiger partial charge in [0.2, 0.25) is 5.91 Å². The minimum atomic E-state index is 0.141. The third kappa shape index (κ3) is 4.68. The summed E-state index contributed by atoms with van der Waals surface area (Å²) < 4.78 is 4.03. The normalized spacial score (nSPS) is 14.6. The Morgan fingerprint density at radius 3 is 2.59 bits per heavy atom. The Bertz CT molecular complexity index is 1580. The van der Waals surface area contributed by atoms with Crippen LogP contribution in [0.3, 0.4) is 0 Å². The van der Waals surface area contributed by atoms with Crippen molar-refractivity contribution in [2.75, 3.05) is 12.8 Å². The Balaban J connectivity index is 1.26. The van der Waals surface area contributed by atoms with Crippen LogP contribution in [0.5, 0.6) is 0 Å². The summed E-state index contributed by atoms with van der Waals surface area (Å²) in [6, 6.07) is 16.5. The van der Waals surface area contributed by atoms with E-state index < -0.39 is 0 Å². The molecular formula is C28H31N7OS. The summed E-state index contributed by atoms with van der Waals surface area (Å²) in [4.78, 5) is 29.4. The number of imidazole rings is 1. The highest BCUT2D eigenvalue weighted by molar-refractivity contribution is 7.99. The van der Waals surface area contributed by atoms with Crippen molar-refractivity contribution in [3.05, 3.63) is 60.2 Å². The fourth-order valence-corrected chi connectivity index (χ4v) is 6.23. The van der Waals surface area contributed by atoms with Crippen LogP contribution in [0, 0.1) is 6.92 Å². The van der Waals surface area contributed by atoms with Gasteiger partial charge in [0.1, 0.15) is 5.82 Å². The number of aromatic nitrogens is 6. The van der Waals surface area contributed by atoms with Gasteiger partial charge in [-0.25, -0.2) is 15.0 Å². The summed E-state index contributed by atoms with van der Waals surface area (Å²) in [5, 5.41) is 6.50. The number of carbonyl (C=O) groups excluding carboxylic acids is 1. The van der Waals surface area contributed by atoms with Gasteiger partial charge in [-0.3, -0.25) is 4.79 Å². The highest BCUT2D eigenvalue weighted by atomic mass is 32.2. The number of para-hydroxylation sites is 3. The number of hydrogen-bond acceptors (Lipinski definition) is 6. The molecule has 0 aliphatic heterocycles. The fraction of sp³-hybridized carbons (Fsp3) is 0.393. The van der Waals surface area contributed by atoms with E-state index in [0.717, 1.165) is 58.6 Å². The lowest BCUT2D eigenvalue weighted by atomic mass is 9.94. The van der Waals surface area contributed by atoms with Crippen LogP contribution in [0.25, 0.3) is 27.6 Å². The first-order valence-electron chi connectivity index (χ1n) is 13.0. The van der Waals surface area contributed by atoms with E-state index in [-0.39, 0.29) is 5.91 Å². The molecule has 8 nitrogen and oxygen atoms in total. The number of thioether (sulfide) groups is 1. The van der Waals surface area contributed by atoms with Crippen LogP contribution in [-0.2, 0) is 17.8 Å². The SMILES string of the molecule is Cc1nc2ccccc2n1CCc1nc2c3ccccc3nc(SCC(=O)N(C)C3CCCCC3)n2n1. The van der Waals surface area contributed by atoms with Gasteiger partial charge in [-0.15, -0.1) is 5.10 Å². The van der Waals surface area contributed by atoms with Crippen molar-refractivity contribution in [2.45, 2.75) is 63.2 Å². The number of aryl methyl sites for hydroxylation is 3. The van der Waals surface area contributed by atoms with Gasteiger partial charge in [0, 0.05) is 31.4 Å². The molecule has 0 unspecified atom stereocenters. The lowest BCUT2D eigenvalue weighted by molar-refractivity contribution is -0.129. The maximum absolute atomic E-state index is 13.0. The van der Waals surface area contributed by atoms with E-state index >= 15 is 0 Å². The first-order chi connectivity index (χ1) is 18.1. The van der Waals surface area contributed by atoms with E-state index in [4.69, 9.17) is 15.1 Å². The molecule has 0 radical (unpaired) electrons. The number of fused-ring (bicyclic) bond motifs is 4. The van der Waals surface area contributed by atoms with Crippen LogP contribution in [0.2, 0.25) is 0 Å². The Kier molecular flexibility index (Phi) is 6.54. The van der Waals surface area contributed by atoms with E-state index in [1.165, 1.54) is 31.0 Å². The molecule has 2 aromatic carbocycles. The topological polar surface area (TPSA) is 81.2 Å². The molecule has 1 fully saturated rings. The van der Waals surface area contributed by atoms with E-state index in [1.807, 2.05) is 65.9 Å². The van der Waals surface area contributed by atoms with E-state index in [1.54, 1.807) is 0 Å². The fourth-order valence-electron chi connectivity index (χ4n) is 5.36. The van der Waals surface area contributed by atoms with E-state index in [2.05, 4.69) is 15.6 Å². The molecule has 5 aromatic rings. The third-order valence-electron chi connectivity index (χ3n) is 7.44. The van der Waals surface area contributed by atoms with Crippen molar-refractivity contribution in [3.8, 4) is 0 Å². The van der Waals surface area contributed by atoms with Crippen molar-refractivity contribution in [1.82, 2.24) is 34.0 Å². The molecule has 1 amide bonds. The van der Waals surface area contributed by atoms with Crippen LogP contribution in [0.4, 0.5) is 0 Å². The van der Waals surface area contributed by atoms with Crippen LogP contribution >= 0.6 is 11.8 Å². The summed E-state index contributed by atoms with van der Waals surface area (Å²) in [6.07, 6.45) is 6.56. The van der Waals surface area contributed by atoms with Gasteiger partial charge in [-0.2, -0.15) is 4.52 Å². The van der Waals surface area contributed by atoms with Crippen LogP contribution in [0.1, 0.15) is 43.8 Å². The zero-order valence-electron chi connectivity index (χ0n) is 21.3. The second kappa shape index (κ2) is 10.1. The van der Waals surface area contributed by atoms with Crippen LogP contribution in [-0.4, -0.2) is 58.8 Å².